The highest BCUT2D eigenvalue weighted by Gasteiger charge is 2.27. The van der Waals surface area contributed by atoms with E-state index in [0.29, 0.717) is 5.02 Å². The zero-order chi connectivity index (χ0) is 14.5. The first-order valence-electron chi connectivity index (χ1n) is 5.54. The SMILES string of the molecule is OC(CCOCC(F)(F)F)Cc1ccc(Br)cc1Cl. The summed E-state index contributed by atoms with van der Waals surface area (Å²) in [7, 11) is 0. The van der Waals surface area contributed by atoms with E-state index in [9.17, 15) is 18.3 Å². The number of rotatable bonds is 6. The van der Waals surface area contributed by atoms with Crippen molar-refractivity contribution in [3.05, 3.63) is 33.3 Å². The van der Waals surface area contributed by atoms with Gasteiger partial charge in [-0.15, -0.1) is 0 Å². The van der Waals surface area contributed by atoms with Gasteiger partial charge in [-0.25, -0.2) is 0 Å². The van der Waals surface area contributed by atoms with Gasteiger partial charge >= 0.3 is 6.18 Å². The number of aliphatic hydroxyl groups excluding tert-OH is 1. The van der Waals surface area contributed by atoms with Crippen molar-refractivity contribution in [3.8, 4) is 0 Å². The maximum Gasteiger partial charge on any atom is 0.411 e. The third-order valence-corrected chi connectivity index (χ3v) is 3.18. The van der Waals surface area contributed by atoms with E-state index in [2.05, 4.69) is 20.7 Å². The van der Waals surface area contributed by atoms with Crippen molar-refractivity contribution < 1.29 is 23.0 Å². The molecule has 0 spiro atoms. The number of halogens is 5. The molecule has 0 radical (unpaired) electrons. The number of benzene rings is 1. The van der Waals surface area contributed by atoms with E-state index in [-0.39, 0.29) is 19.4 Å². The Morgan fingerprint density at radius 1 is 1.37 bits per heavy atom. The number of hydrogen-bond donors (Lipinski definition) is 1. The molecule has 0 aromatic heterocycles. The molecule has 1 unspecified atom stereocenters. The smallest absolute Gasteiger partial charge is 0.393 e. The van der Waals surface area contributed by atoms with Gasteiger partial charge in [-0.1, -0.05) is 33.6 Å². The maximum atomic E-state index is 11.8. The summed E-state index contributed by atoms with van der Waals surface area (Å²) in [5, 5.41) is 10.2. The van der Waals surface area contributed by atoms with Crippen LogP contribution >= 0.6 is 27.5 Å². The van der Waals surface area contributed by atoms with Crippen molar-refractivity contribution in [2.24, 2.45) is 0 Å². The Morgan fingerprint density at radius 2 is 2.05 bits per heavy atom. The molecule has 1 N–H and O–H groups in total. The molecule has 0 aliphatic carbocycles. The van der Waals surface area contributed by atoms with Crippen LogP contribution in [0.4, 0.5) is 13.2 Å². The first kappa shape index (κ1) is 16.8. The minimum absolute atomic E-state index is 0.127. The molecule has 1 aromatic carbocycles. The summed E-state index contributed by atoms with van der Waals surface area (Å²) >= 11 is 9.23. The fourth-order valence-electron chi connectivity index (χ4n) is 1.45. The van der Waals surface area contributed by atoms with Crippen LogP contribution in [0.1, 0.15) is 12.0 Å². The molecule has 0 saturated heterocycles. The van der Waals surface area contributed by atoms with Crippen LogP contribution in [0.3, 0.4) is 0 Å². The van der Waals surface area contributed by atoms with Crippen LogP contribution in [-0.2, 0) is 11.2 Å². The fourth-order valence-corrected chi connectivity index (χ4v) is 2.20. The molecule has 0 heterocycles. The molecular formula is C12H13BrClF3O2. The average Bonchev–Trinajstić information content (AvgIpc) is 2.27. The second-order valence-electron chi connectivity index (χ2n) is 4.05. The molecule has 108 valence electrons. The second-order valence-corrected chi connectivity index (χ2v) is 5.37. The summed E-state index contributed by atoms with van der Waals surface area (Å²) in [5.41, 5.74) is 0.744. The lowest BCUT2D eigenvalue weighted by molar-refractivity contribution is -0.175. The Kier molecular flexibility index (Phi) is 6.59. The van der Waals surface area contributed by atoms with Gasteiger partial charge in [0.15, 0.2) is 0 Å². The Morgan fingerprint density at radius 3 is 2.63 bits per heavy atom. The molecule has 0 aliphatic heterocycles. The molecule has 19 heavy (non-hydrogen) atoms. The molecule has 0 aliphatic rings. The van der Waals surface area contributed by atoms with Crippen LogP contribution in [0.5, 0.6) is 0 Å². The van der Waals surface area contributed by atoms with Gasteiger partial charge < -0.3 is 9.84 Å². The predicted octanol–water partition coefficient (Wildman–Crippen LogP) is 3.97. The van der Waals surface area contributed by atoms with Crippen molar-refractivity contribution in [1.82, 2.24) is 0 Å². The molecule has 2 nitrogen and oxygen atoms in total. The fraction of sp³-hybridized carbons (Fsp3) is 0.500. The van der Waals surface area contributed by atoms with Crippen LogP contribution in [0.25, 0.3) is 0 Å². The molecule has 7 heteroatoms. The summed E-state index contributed by atoms with van der Waals surface area (Å²) in [6.45, 7) is -1.44. The van der Waals surface area contributed by atoms with Gasteiger partial charge in [-0.3, -0.25) is 0 Å². The highest BCUT2D eigenvalue weighted by molar-refractivity contribution is 9.10. The Hall–Kier alpha value is -0.300. The lowest BCUT2D eigenvalue weighted by Gasteiger charge is -2.13. The van der Waals surface area contributed by atoms with Crippen LogP contribution in [0.15, 0.2) is 22.7 Å². The maximum absolute atomic E-state index is 11.8. The van der Waals surface area contributed by atoms with Crippen LogP contribution < -0.4 is 0 Å². The zero-order valence-electron chi connectivity index (χ0n) is 9.88. The van der Waals surface area contributed by atoms with Gasteiger partial charge in [0.1, 0.15) is 6.61 Å². The minimum Gasteiger partial charge on any atom is -0.393 e. The first-order chi connectivity index (χ1) is 8.78. The van der Waals surface area contributed by atoms with E-state index in [1.807, 2.05) is 0 Å². The normalized spacial score (nSPS) is 13.6. The van der Waals surface area contributed by atoms with Crippen molar-refractivity contribution in [1.29, 1.82) is 0 Å². The number of ether oxygens (including phenoxy) is 1. The molecule has 0 bridgehead atoms. The van der Waals surface area contributed by atoms with Crippen molar-refractivity contribution >= 4 is 27.5 Å². The van der Waals surface area contributed by atoms with E-state index < -0.39 is 18.9 Å². The summed E-state index contributed by atoms with van der Waals surface area (Å²) in [5.74, 6) is 0. The summed E-state index contributed by atoms with van der Waals surface area (Å²) in [6.07, 6.45) is -4.71. The molecule has 1 rings (SSSR count). The highest BCUT2D eigenvalue weighted by Crippen LogP contribution is 2.23. The van der Waals surface area contributed by atoms with E-state index in [4.69, 9.17) is 11.6 Å². The first-order valence-corrected chi connectivity index (χ1v) is 6.71. The van der Waals surface area contributed by atoms with E-state index >= 15 is 0 Å². The number of alkyl halides is 3. The van der Waals surface area contributed by atoms with Gasteiger partial charge in [-0.2, -0.15) is 13.2 Å². The van der Waals surface area contributed by atoms with Gasteiger partial charge in [0.25, 0.3) is 0 Å². The average molecular weight is 362 g/mol. The lowest BCUT2D eigenvalue weighted by Crippen LogP contribution is -2.20. The summed E-state index contributed by atoms with van der Waals surface area (Å²) < 4.78 is 40.7. The van der Waals surface area contributed by atoms with Crippen molar-refractivity contribution in [2.45, 2.75) is 25.1 Å². The van der Waals surface area contributed by atoms with Gasteiger partial charge in [0.2, 0.25) is 0 Å². The molecule has 1 aromatic rings. The highest BCUT2D eigenvalue weighted by atomic mass is 79.9. The molecule has 0 amide bonds. The topological polar surface area (TPSA) is 29.5 Å². The Labute approximate surface area is 122 Å². The molecule has 0 fully saturated rings. The Bertz CT molecular complexity index is 412. The third kappa shape index (κ3) is 7.15. The lowest BCUT2D eigenvalue weighted by atomic mass is 10.1. The molecule has 1 atom stereocenters. The van der Waals surface area contributed by atoms with Gasteiger partial charge in [0.05, 0.1) is 6.10 Å². The third-order valence-electron chi connectivity index (χ3n) is 2.33. The predicted molar refractivity (Wildman–Crippen MR) is 70.4 cm³/mol. The summed E-state index contributed by atoms with van der Waals surface area (Å²) in [6, 6.07) is 5.24. The Balaban J connectivity index is 2.33. The summed E-state index contributed by atoms with van der Waals surface area (Å²) in [4.78, 5) is 0. The van der Waals surface area contributed by atoms with Crippen LogP contribution in [0.2, 0.25) is 5.02 Å². The van der Waals surface area contributed by atoms with E-state index in [1.165, 1.54) is 0 Å². The number of aliphatic hydroxyl groups is 1. The zero-order valence-corrected chi connectivity index (χ0v) is 12.2. The number of hydrogen-bond acceptors (Lipinski definition) is 2. The van der Waals surface area contributed by atoms with Crippen LogP contribution in [-0.4, -0.2) is 30.6 Å². The monoisotopic (exact) mass is 360 g/mol. The molecule has 0 saturated carbocycles. The van der Waals surface area contributed by atoms with Gasteiger partial charge in [-0.05, 0) is 30.5 Å². The van der Waals surface area contributed by atoms with E-state index in [0.717, 1.165) is 10.0 Å². The second kappa shape index (κ2) is 7.47. The standard InChI is InChI=1S/C12H13BrClF3O2/c13-9-2-1-8(11(14)6-9)5-10(18)3-4-19-7-12(15,16)17/h1-2,6,10,18H,3-5,7H2. The minimum atomic E-state index is -4.33. The largest absolute Gasteiger partial charge is 0.411 e. The van der Waals surface area contributed by atoms with Crippen molar-refractivity contribution in [2.75, 3.05) is 13.2 Å². The van der Waals surface area contributed by atoms with Crippen LogP contribution in [0, 0.1) is 0 Å². The van der Waals surface area contributed by atoms with Crippen molar-refractivity contribution in [3.63, 3.8) is 0 Å². The molecular weight excluding hydrogens is 348 g/mol. The quantitative estimate of drug-likeness (QED) is 0.777. The van der Waals surface area contributed by atoms with E-state index in [1.54, 1.807) is 18.2 Å². The van der Waals surface area contributed by atoms with Gasteiger partial charge in [0, 0.05) is 16.1 Å².